The molecule has 3 aromatic carbocycles. The second-order valence-electron chi connectivity index (χ2n) is 8.82. The van der Waals surface area contributed by atoms with Gasteiger partial charge in [0.05, 0.1) is 4.90 Å². The number of rotatable bonds is 2. The molecule has 36 heavy (non-hydrogen) atoms. The highest BCUT2D eigenvalue weighted by Gasteiger charge is 2.24. The molecule has 1 heterocycles. The highest BCUT2D eigenvalue weighted by molar-refractivity contribution is 7.99. The third kappa shape index (κ3) is 7.44. The van der Waals surface area contributed by atoms with E-state index in [0.29, 0.717) is 29.5 Å². The van der Waals surface area contributed by atoms with E-state index in [-0.39, 0.29) is 0 Å². The zero-order chi connectivity index (χ0) is 25.2. The average molecular weight is 542 g/mol. The first-order chi connectivity index (χ1) is 17.5. The quantitative estimate of drug-likeness (QED) is 0.382. The molecule has 5 nitrogen and oxygen atoms in total. The molecule has 0 unspecified atom stereocenters. The predicted octanol–water partition coefficient (Wildman–Crippen LogP) is 6.58. The molecule has 1 aliphatic heterocycles. The van der Waals surface area contributed by atoms with E-state index >= 15 is 0 Å². The van der Waals surface area contributed by atoms with E-state index in [1.54, 1.807) is 40.0 Å². The maximum atomic E-state index is 13.6. The molecule has 192 valence electrons. The summed E-state index contributed by atoms with van der Waals surface area (Å²) in [6.45, 7) is 4.73. The Kier molecular flexibility index (Phi) is 10.0. The van der Waals surface area contributed by atoms with E-state index in [2.05, 4.69) is 34.9 Å². The van der Waals surface area contributed by atoms with Crippen molar-refractivity contribution in [2.75, 3.05) is 48.3 Å². The molecule has 0 atom stereocenters. The highest BCUT2D eigenvalue weighted by atomic mass is 32.2. The Balaban J connectivity index is 1.55. The van der Waals surface area contributed by atoms with Crippen LogP contribution in [0, 0.1) is 6.92 Å². The summed E-state index contributed by atoms with van der Waals surface area (Å²) >= 11 is 3.42. The lowest BCUT2D eigenvalue weighted by molar-refractivity contribution is 0.450. The first kappa shape index (κ1) is 26.9. The fraction of sp³-hybridized carbons (Fsp3) is 0.357. The van der Waals surface area contributed by atoms with Gasteiger partial charge in [-0.05, 0) is 62.6 Å². The summed E-state index contributed by atoms with van der Waals surface area (Å²) in [4.78, 5) is 2.68. The Morgan fingerprint density at radius 2 is 1.19 bits per heavy atom. The van der Waals surface area contributed by atoms with Crippen molar-refractivity contribution in [1.82, 2.24) is 4.31 Å². The zero-order valence-electron chi connectivity index (χ0n) is 20.8. The number of benzene rings is 3. The van der Waals surface area contributed by atoms with Crippen molar-refractivity contribution in [2.24, 2.45) is 0 Å². The second kappa shape index (κ2) is 13.4. The van der Waals surface area contributed by atoms with Gasteiger partial charge in [-0.1, -0.05) is 42.0 Å². The van der Waals surface area contributed by atoms with Gasteiger partial charge in [0.15, 0.2) is 0 Å². The number of aryl methyl sites for hydroxylation is 1. The van der Waals surface area contributed by atoms with Crippen molar-refractivity contribution in [3.63, 3.8) is 0 Å². The number of nitrogens with one attached hydrogen (secondary N) is 2. The Hall–Kier alpha value is -2.13. The summed E-state index contributed by atoms with van der Waals surface area (Å²) in [5.74, 6) is 1.37. The van der Waals surface area contributed by atoms with Gasteiger partial charge in [-0.15, -0.1) is 23.5 Å². The molecule has 0 saturated heterocycles. The number of anilines is 2. The molecule has 0 bridgehead atoms. The maximum Gasteiger partial charge on any atom is 0.243 e. The molecule has 2 N–H and O–H groups in total. The van der Waals surface area contributed by atoms with Gasteiger partial charge < -0.3 is 10.6 Å². The number of nitrogens with zero attached hydrogens (tertiary/aromatic N) is 1. The Labute approximate surface area is 224 Å². The summed E-state index contributed by atoms with van der Waals surface area (Å²) in [6, 6.07) is 23.8. The normalized spacial score (nSPS) is 16.9. The minimum Gasteiger partial charge on any atom is -0.384 e. The van der Waals surface area contributed by atoms with Crippen LogP contribution in [0.4, 0.5) is 11.4 Å². The SMILES string of the molecule is Cc1ccc(S(=O)(=O)N2CCSc3ccccc3NCCCCCNc3ccccc3SCC2)cc1. The van der Waals surface area contributed by atoms with E-state index in [1.807, 2.05) is 43.3 Å². The van der Waals surface area contributed by atoms with Gasteiger partial charge in [0.2, 0.25) is 10.0 Å². The number of thioether (sulfide) groups is 2. The van der Waals surface area contributed by atoms with Crippen molar-refractivity contribution < 1.29 is 8.42 Å². The van der Waals surface area contributed by atoms with E-state index in [4.69, 9.17) is 0 Å². The van der Waals surface area contributed by atoms with E-state index in [0.717, 1.165) is 59.1 Å². The van der Waals surface area contributed by atoms with Crippen LogP contribution in [0.25, 0.3) is 0 Å². The van der Waals surface area contributed by atoms with Crippen LogP contribution in [0.1, 0.15) is 24.8 Å². The summed E-state index contributed by atoms with van der Waals surface area (Å²) in [6.07, 6.45) is 3.38. The van der Waals surface area contributed by atoms with Crippen LogP contribution in [-0.2, 0) is 10.0 Å². The van der Waals surface area contributed by atoms with Gasteiger partial charge in [-0.2, -0.15) is 4.31 Å². The lowest BCUT2D eigenvalue weighted by atomic mass is 10.2. The summed E-state index contributed by atoms with van der Waals surface area (Å²) < 4.78 is 28.8. The first-order valence-corrected chi connectivity index (χ1v) is 15.9. The fourth-order valence-corrected chi connectivity index (χ4v) is 7.75. The Morgan fingerprint density at radius 1 is 0.694 bits per heavy atom. The van der Waals surface area contributed by atoms with Crippen molar-refractivity contribution in [3.05, 3.63) is 78.4 Å². The highest BCUT2D eigenvalue weighted by Crippen LogP contribution is 2.30. The number of hydrogen-bond donors (Lipinski definition) is 2. The molecule has 0 fully saturated rings. The van der Waals surface area contributed by atoms with Crippen molar-refractivity contribution in [2.45, 2.75) is 40.9 Å². The summed E-state index contributed by atoms with van der Waals surface area (Å²) in [5, 5.41) is 7.16. The van der Waals surface area contributed by atoms with Crippen LogP contribution in [0.3, 0.4) is 0 Å². The van der Waals surface area contributed by atoms with Crippen LogP contribution in [-0.4, -0.2) is 50.4 Å². The van der Waals surface area contributed by atoms with Gasteiger partial charge in [0.25, 0.3) is 0 Å². The smallest absolute Gasteiger partial charge is 0.243 e. The summed E-state index contributed by atoms with van der Waals surface area (Å²) in [7, 11) is -3.59. The monoisotopic (exact) mass is 541 g/mol. The topological polar surface area (TPSA) is 61.4 Å². The molecule has 0 radical (unpaired) electrons. The van der Waals surface area contributed by atoms with Crippen LogP contribution in [0.2, 0.25) is 0 Å². The van der Waals surface area contributed by atoms with Crippen LogP contribution in [0.5, 0.6) is 0 Å². The minimum atomic E-state index is -3.59. The maximum absolute atomic E-state index is 13.6. The van der Waals surface area contributed by atoms with Gasteiger partial charge in [0.1, 0.15) is 0 Å². The zero-order valence-corrected chi connectivity index (χ0v) is 23.2. The lowest BCUT2D eigenvalue weighted by Crippen LogP contribution is -2.35. The summed E-state index contributed by atoms with van der Waals surface area (Å²) in [5.41, 5.74) is 3.30. The van der Waals surface area contributed by atoms with Crippen LogP contribution in [0.15, 0.2) is 87.5 Å². The van der Waals surface area contributed by atoms with Crippen molar-refractivity contribution in [3.8, 4) is 0 Å². The van der Waals surface area contributed by atoms with Crippen molar-refractivity contribution >= 4 is 44.9 Å². The Morgan fingerprint density at radius 3 is 1.72 bits per heavy atom. The van der Waals surface area contributed by atoms with E-state index < -0.39 is 10.0 Å². The minimum absolute atomic E-state index is 0.356. The molecular weight excluding hydrogens is 507 g/mol. The van der Waals surface area contributed by atoms with Gasteiger partial charge >= 0.3 is 0 Å². The number of fused-ring (bicyclic) bond motifs is 2. The van der Waals surface area contributed by atoms with Gasteiger partial charge in [-0.3, -0.25) is 0 Å². The second-order valence-corrected chi connectivity index (χ2v) is 13.0. The third-order valence-electron chi connectivity index (χ3n) is 6.11. The molecule has 3 aromatic rings. The van der Waals surface area contributed by atoms with Crippen LogP contribution >= 0.6 is 23.5 Å². The van der Waals surface area contributed by atoms with Crippen LogP contribution < -0.4 is 10.6 Å². The van der Waals surface area contributed by atoms with E-state index in [1.165, 1.54) is 0 Å². The largest absolute Gasteiger partial charge is 0.384 e. The standard InChI is InChI=1S/C28H35N3O2S3/c1-23-13-15-24(16-14-23)36(32,33)31-19-21-34-27-11-5-3-9-25(27)29-17-7-2-8-18-30-26-10-4-6-12-28(26)35-22-20-31/h3-6,9-16,29-30H,2,7-8,17-22H2,1H3. The molecule has 4 rings (SSSR count). The number of sulfonamides is 1. The average Bonchev–Trinajstić information content (AvgIpc) is 2.88. The van der Waals surface area contributed by atoms with Crippen molar-refractivity contribution in [1.29, 1.82) is 0 Å². The number of para-hydroxylation sites is 2. The first-order valence-electron chi connectivity index (χ1n) is 12.5. The lowest BCUT2D eigenvalue weighted by Gasteiger charge is -2.23. The molecule has 0 saturated carbocycles. The van der Waals surface area contributed by atoms with Gasteiger partial charge in [-0.25, -0.2) is 8.42 Å². The third-order valence-corrected chi connectivity index (χ3v) is 10.1. The number of hydrogen-bond acceptors (Lipinski definition) is 6. The van der Waals surface area contributed by atoms with E-state index in [9.17, 15) is 8.42 Å². The molecule has 0 spiro atoms. The molecule has 8 heteroatoms. The Bertz CT molecular complexity index is 1160. The molecule has 1 aliphatic rings. The molecular formula is C28H35N3O2S3. The molecule has 0 aliphatic carbocycles. The predicted molar refractivity (Wildman–Crippen MR) is 155 cm³/mol. The van der Waals surface area contributed by atoms with Gasteiger partial charge in [0, 0.05) is 58.9 Å². The molecule has 0 aromatic heterocycles. The molecule has 0 amide bonds. The fourth-order valence-electron chi connectivity index (χ4n) is 4.08.